The molecule has 6 heteroatoms. The summed E-state index contributed by atoms with van der Waals surface area (Å²) in [5.74, 6) is 0.769. The molecule has 21 heavy (non-hydrogen) atoms. The largest absolute Gasteiger partial charge is 0.488 e. The van der Waals surface area contributed by atoms with Crippen LogP contribution in [0.15, 0.2) is 40.9 Å². The van der Waals surface area contributed by atoms with Crippen LogP contribution in [0.5, 0.6) is 5.75 Å². The van der Waals surface area contributed by atoms with Crippen LogP contribution in [0.2, 0.25) is 0 Å². The average molecular weight is 351 g/mol. The monoisotopic (exact) mass is 350 g/mol. The highest BCUT2D eigenvalue weighted by atomic mass is 79.9. The molecule has 0 unspecified atom stereocenters. The third-order valence-electron chi connectivity index (χ3n) is 3.13. The van der Waals surface area contributed by atoms with Gasteiger partial charge in [0.1, 0.15) is 12.4 Å². The highest BCUT2D eigenvalue weighted by molar-refractivity contribution is 9.10. The minimum Gasteiger partial charge on any atom is -0.488 e. The van der Waals surface area contributed by atoms with Gasteiger partial charge in [0, 0.05) is 34.3 Å². The summed E-state index contributed by atoms with van der Waals surface area (Å²) in [6, 6.07) is 10.4. The van der Waals surface area contributed by atoms with Gasteiger partial charge in [0.15, 0.2) is 0 Å². The maximum Gasteiger partial charge on any atom is 0.270 e. The summed E-state index contributed by atoms with van der Waals surface area (Å²) >= 11 is 3.33. The summed E-state index contributed by atoms with van der Waals surface area (Å²) in [4.78, 5) is 10.3. The lowest BCUT2D eigenvalue weighted by Crippen LogP contribution is -2.04. The van der Waals surface area contributed by atoms with Crippen molar-refractivity contribution >= 4 is 21.6 Å². The molecule has 0 saturated heterocycles. The van der Waals surface area contributed by atoms with Gasteiger partial charge < -0.3 is 10.5 Å². The van der Waals surface area contributed by atoms with Crippen LogP contribution in [0.1, 0.15) is 16.7 Å². The Morgan fingerprint density at radius 3 is 2.67 bits per heavy atom. The molecule has 0 aromatic heterocycles. The first-order valence-corrected chi connectivity index (χ1v) is 7.16. The molecule has 0 amide bonds. The Bertz CT molecular complexity index is 674. The summed E-state index contributed by atoms with van der Waals surface area (Å²) in [7, 11) is 0. The Hall–Kier alpha value is -1.92. The van der Waals surface area contributed by atoms with Crippen molar-refractivity contribution in [3.8, 4) is 5.75 Å². The number of rotatable bonds is 5. The first-order valence-electron chi connectivity index (χ1n) is 6.37. The predicted molar refractivity (Wildman–Crippen MR) is 84.2 cm³/mol. The van der Waals surface area contributed by atoms with Gasteiger partial charge in [-0.05, 0) is 18.6 Å². The number of ether oxygens (including phenoxy) is 1. The number of nitrogens with zero attached hydrogens (tertiary/aromatic N) is 1. The maximum atomic E-state index is 10.7. The molecule has 2 N–H and O–H groups in total. The van der Waals surface area contributed by atoms with E-state index >= 15 is 0 Å². The van der Waals surface area contributed by atoms with Crippen molar-refractivity contribution in [1.82, 2.24) is 0 Å². The number of nitro groups is 1. The predicted octanol–water partition coefficient (Wildman–Crippen LogP) is 3.70. The third kappa shape index (κ3) is 3.59. The zero-order valence-corrected chi connectivity index (χ0v) is 13.1. The minimum absolute atomic E-state index is 0.0455. The number of halogens is 1. The van der Waals surface area contributed by atoms with E-state index in [2.05, 4.69) is 15.9 Å². The molecule has 0 aliphatic carbocycles. The van der Waals surface area contributed by atoms with E-state index in [4.69, 9.17) is 10.5 Å². The SMILES string of the molecule is Cc1cccc(CN)c1OCc1ccc([N+](=O)[O-])cc1Br. The van der Waals surface area contributed by atoms with Crippen LogP contribution in [-0.2, 0) is 13.2 Å². The summed E-state index contributed by atoms with van der Waals surface area (Å²) < 4.78 is 6.50. The second-order valence-corrected chi connectivity index (χ2v) is 5.44. The van der Waals surface area contributed by atoms with Gasteiger partial charge in [-0.2, -0.15) is 0 Å². The topological polar surface area (TPSA) is 78.4 Å². The molecule has 5 nitrogen and oxygen atoms in total. The van der Waals surface area contributed by atoms with Gasteiger partial charge in [-0.1, -0.05) is 34.1 Å². The van der Waals surface area contributed by atoms with Crippen LogP contribution < -0.4 is 10.5 Å². The summed E-state index contributed by atoms with van der Waals surface area (Å²) in [5.41, 5.74) is 8.54. The van der Waals surface area contributed by atoms with Crippen LogP contribution in [0.25, 0.3) is 0 Å². The molecule has 0 bridgehead atoms. The van der Waals surface area contributed by atoms with Crippen LogP contribution in [-0.4, -0.2) is 4.92 Å². The fourth-order valence-electron chi connectivity index (χ4n) is 2.00. The molecule has 0 atom stereocenters. The summed E-state index contributed by atoms with van der Waals surface area (Å²) in [5, 5.41) is 10.7. The Morgan fingerprint density at radius 2 is 2.05 bits per heavy atom. The van der Waals surface area contributed by atoms with Gasteiger partial charge >= 0.3 is 0 Å². The average Bonchev–Trinajstić information content (AvgIpc) is 2.46. The molecule has 0 heterocycles. The molecule has 0 radical (unpaired) electrons. The van der Waals surface area contributed by atoms with Crippen LogP contribution in [0, 0.1) is 17.0 Å². The molecule has 0 spiro atoms. The summed E-state index contributed by atoms with van der Waals surface area (Å²) in [6.45, 7) is 2.67. The van der Waals surface area contributed by atoms with Crippen molar-refractivity contribution in [3.05, 3.63) is 67.7 Å². The normalized spacial score (nSPS) is 10.4. The molecular formula is C15H15BrN2O3. The smallest absolute Gasteiger partial charge is 0.270 e. The Balaban J connectivity index is 2.19. The number of nitro benzene ring substituents is 1. The van der Waals surface area contributed by atoms with E-state index in [0.717, 1.165) is 22.4 Å². The first-order chi connectivity index (χ1) is 10.0. The van der Waals surface area contributed by atoms with Crippen LogP contribution in [0.3, 0.4) is 0 Å². The molecule has 0 aliphatic rings. The van der Waals surface area contributed by atoms with E-state index in [1.54, 1.807) is 6.07 Å². The number of non-ortho nitro benzene ring substituents is 1. The lowest BCUT2D eigenvalue weighted by atomic mass is 10.1. The number of aryl methyl sites for hydroxylation is 1. The second kappa shape index (κ2) is 6.69. The van der Waals surface area contributed by atoms with Crippen LogP contribution >= 0.6 is 15.9 Å². The van der Waals surface area contributed by atoms with Gasteiger partial charge in [-0.25, -0.2) is 0 Å². The lowest BCUT2D eigenvalue weighted by molar-refractivity contribution is -0.384. The van der Waals surface area contributed by atoms with E-state index < -0.39 is 4.92 Å². The van der Waals surface area contributed by atoms with Crippen molar-refractivity contribution in [2.75, 3.05) is 0 Å². The zero-order valence-electron chi connectivity index (χ0n) is 11.5. The van der Waals surface area contributed by atoms with Crippen molar-refractivity contribution in [3.63, 3.8) is 0 Å². The number of para-hydroxylation sites is 1. The van der Waals surface area contributed by atoms with Crippen molar-refractivity contribution < 1.29 is 9.66 Å². The molecule has 2 rings (SSSR count). The van der Waals surface area contributed by atoms with Gasteiger partial charge in [0.2, 0.25) is 0 Å². The van der Waals surface area contributed by atoms with Crippen molar-refractivity contribution in [1.29, 1.82) is 0 Å². The van der Waals surface area contributed by atoms with Crippen LogP contribution in [0.4, 0.5) is 5.69 Å². The highest BCUT2D eigenvalue weighted by Gasteiger charge is 2.11. The zero-order chi connectivity index (χ0) is 15.4. The van der Waals surface area contributed by atoms with Gasteiger partial charge in [0.25, 0.3) is 5.69 Å². The van der Waals surface area contributed by atoms with E-state index in [0.29, 0.717) is 17.6 Å². The first kappa shape index (κ1) is 15.5. The molecule has 0 saturated carbocycles. The second-order valence-electron chi connectivity index (χ2n) is 4.59. The molecule has 2 aromatic rings. The van der Waals surface area contributed by atoms with E-state index in [9.17, 15) is 10.1 Å². The Kier molecular flexibility index (Phi) is 4.93. The van der Waals surface area contributed by atoms with E-state index in [1.807, 2.05) is 25.1 Å². The number of hydrogen-bond donors (Lipinski definition) is 1. The van der Waals surface area contributed by atoms with Crippen molar-refractivity contribution in [2.24, 2.45) is 5.73 Å². The Morgan fingerprint density at radius 1 is 1.29 bits per heavy atom. The van der Waals surface area contributed by atoms with Gasteiger partial charge in [0.05, 0.1) is 4.92 Å². The van der Waals surface area contributed by atoms with E-state index in [-0.39, 0.29) is 5.69 Å². The molecule has 110 valence electrons. The van der Waals surface area contributed by atoms with Crippen molar-refractivity contribution in [2.45, 2.75) is 20.1 Å². The quantitative estimate of drug-likeness (QED) is 0.658. The minimum atomic E-state index is -0.427. The van der Waals surface area contributed by atoms with Gasteiger partial charge in [-0.15, -0.1) is 0 Å². The highest BCUT2D eigenvalue weighted by Crippen LogP contribution is 2.27. The summed E-state index contributed by atoms with van der Waals surface area (Å²) in [6.07, 6.45) is 0. The molecule has 0 fully saturated rings. The number of benzene rings is 2. The lowest BCUT2D eigenvalue weighted by Gasteiger charge is -2.14. The van der Waals surface area contributed by atoms with E-state index in [1.165, 1.54) is 12.1 Å². The fraction of sp³-hybridized carbons (Fsp3) is 0.200. The number of hydrogen-bond acceptors (Lipinski definition) is 4. The molecular weight excluding hydrogens is 336 g/mol. The van der Waals surface area contributed by atoms with Gasteiger partial charge in [-0.3, -0.25) is 10.1 Å². The number of nitrogens with two attached hydrogens (primary N) is 1. The third-order valence-corrected chi connectivity index (χ3v) is 3.87. The molecule has 0 aliphatic heterocycles. The maximum absolute atomic E-state index is 10.7. The Labute approximate surface area is 131 Å². The standard InChI is InChI=1S/C15H15BrN2O3/c1-10-3-2-4-11(8-17)15(10)21-9-12-5-6-13(18(19)20)7-14(12)16/h2-7H,8-9,17H2,1H3. The molecule has 2 aromatic carbocycles. The fourth-order valence-corrected chi connectivity index (χ4v) is 2.48.